The molecule has 0 unspecified atom stereocenters. The standard InChI is InChI=1S/C17H26N2OS/c1-3-21-12-14-5-4-6-17(11-14)19-16-9-7-15(8-10-16)18-13(2)20/h4-6,11,15-16,19H,3,7-10,12H2,1-2H3,(H,18,20). The Morgan fingerprint density at radius 1 is 1.24 bits per heavy atom. The number of carbonyl (C=O) groups is 1. The molecule has 0 spiro atoms. The number of hydrogen-bond acceptors (Lipinski definition) is 3. The quantitative estimate of drug-likeness (QED) is 0.840. The number of rotatable bonds is 6. The molecular weight excluding hydrogens is 280 g/mol. The first-order valence-electron chi connectivity index (χ1n) is 7.87. The summed E-state index contributed by atoms with van der Waals surface area (Å²) in [5, 5.41) is 6.68. The van der Waals surface area contributed by atoms with E-state index >= 15 is 0 Å². The molecule has 1 aromatic carbocycles. The average molecular weight is 306 g/mol. The molecule has 3 nitrogen and oxygen atoms in total. The van der Waals surface area contributed by atoms with E-state index in [1.165, 1.54) is 11.3 Å². The highest BCUT2D eigenvalue weighted by Gasteiger charge is 2.21. The summed E-state index contributed by atoms with van der Waals surface area (Å²) in [5.41, 5.74) is 2.62. The van der Waals surface area contributed by atoms with Crippen LogP contribution in [-0.2, 0) is 10.5 Å². The molecule has 1 aliphatic carbocycles. The number of carbonyl (C=O) groups excluding carboxylic acids is 1. The maximum Gasteiger partial charge on any atom is 0.217 e. The first-order valence-corrected chi connectivity index (χ1v) is 9.03. The number of thioether (sulfide) groups is 1. The molecule has 21 heavy (non-hydrogen) atoms. The fraction of sp³-hybridized carbons (Fsp3) is 0.588. The molecule has 0 aliphatic heterocycles. The lowest BCUT2D eigenvalue weighted by molar-refractivity contribution is -0.119. The van der Waals surface area contributed by atoms with Crippen LogP contribution >= 0.6 is 11.8 Å². The van der Waals surface area contributed by atoms with E-state index in [1.54, 1.807) is 6.92 Å². The first kappa shape index (κ1) is 16.2. The molecule has 116 valence electrons. The Bertz CT molecular complexity index is 456. The van der Waals surface area contributed by atoms with Crippen molar-refractivity contribution < 1.29 is 4.79 Å². The minimum absolute atomic E-state index is 0.0903. The first-order chi connectivity index (χ1) is 10.2. The molecule has 0 aromatic heterocycles. The minimum atomic E-state index is 0.0903. The zero-order valence-electron chi connectivity index (χ0n) is 13.0. The lowest BCUT2D eigenvalue weighted by Crippen LogP contribution is -2.39. The molecule has 2 rings (SSSR count). The van der Waals surface area contributed by atoms with Crippen molar-refractivity contribution in [2.24, 2.45) is 0 Å². The zero-order chi connectivity index (χ0) is 15.1. The van der Waals surface area contributed by atoms with Gasteiger partial charge in [0.15, 0.2) is 0 Å². The topological polar surface area (TPSA) is 41.1 Å². The summed E-state index contributed by atoms with van der Waals surface area (Å²) in [4.78, 5) is 11.1. The lowest BCUT2D eigenvalue weighted by Gasteiger charge is -2.30. The lowest BCUT2D eigenvalue weighted by atomic mass is 9.91. The predicted octanol–water partition coefficient (Wildman–Crippen LogP) is 3.80. The summed E-state index contributed by atoms with van der Waals surface area (Å²) in [5.74, 6) is 2.33. The largest absolute Gasteiger partial charge is 0.382 e. The predicted molar refractivity (Wildman–Crippen MR) is 91.8 cm³/mol. The molecule has 0 bridgehead atoms. The average Bonchev–Trinajstić information content (AvgIpc) is 2.47. The van der Waals surface area contributed by atoms with Crippen molar-refractivity contribution in [3.63, 3.8) is 0 Å². The van der Waals surface area contributed by atoms with E-state index in [-0.39, 0.29) is 5.91 Å². The second-order valence-electron chi connectivity index (χ2n) is 5.73. The van der Waals surface area contributed by atoms with Crippen LogP contribution < -0.4 is 10.6 Å². The van der Waals surface area contributed by atoms with Crippen LogP contribution in [0.15, 0.2) is 24.3 Å². The van der Waals surface area contributed by atoms with Crippen LogP contribution in [0.3, 0.4) is 0 Å². The molecule has 1 fully saturated rings. The number of anilines is 1. The Morgan fingerprint density at radius 3 is 2.62 bits per heavy atom. The van der Waals surface area contributed by atoms with E-state index in [9.17, 15) is 4.79 Å². The van der Waals surface area contributed by atoms with Gasteiger partial charge in [-0.1, -0.05) is 19.1 Å². The molecule has 1 aromatic rings. The van der Waals surface area contributed by atoms with Gasteiger partial charge in [-0.3, -0.25) is 4.79 Å². The number of amides is 1. The molecule has 0 heterocycles. The van der Waals surface area contributed by atoms with Crippen LogP contribution in [0.2, 0.25) is 0 Å². The SMILES string of the molecule is CCSCc1cccc(NC2CCC(NC(C)=O)CC2)c1. The normalized spacial score (nSPS) is 21.8. The molecule has 0 radical (unpaired) electrons. The van der Waals surface area contributed by atoms with Gasteiger partial charge in [0.2, 0.25) is 5.91 Å². The van der Waals surface area contributed by atoms with Crippen LogP contribution in [0.4, 0.5) is 5.69 Å². The van der Waals surface area contributed by atoms with E-state index in [0.717, 1.165) is 37.2 Å². The highest BCUT2D eigenvalue weighted by Crippen LogP contribution is 2.23. The highest BCUT2D eigenvalue weighted by molar-refractivity contribution is 7.98. The van der Waals surface area contributed by atoms with Gasteiger partial charge in [-0.05, 0) is 49.1 Å². The molecule has 0 atom stereocenters. The van der Waals surface area contributed by atoms with Gasteiger partial charge in [-0.25, -0.2) is 0 Å². The van der Waals surface area contributed by atoms with Gasteiger partial charge in [0.05, 0.1) is 0 Å². The number of nitrogens with one attached hydrogen (secondary N) is 2. The summed E-state index contributed by atoms with van der Waals surface area (Å²) in [6.07, 6.45) is 4.39. The highest BCUT2D eigenvalue weighted by atomic mass is 32.2. The van der Waals surface area contributed by atoms with Gasteiger partial charge in [0, 0.05) is 30.4 Å². The summed E-state index contributed by atoms with van der Waals surface area (Å²) in [7, 11) is 0. The summed E-state index contributed by atoms with van der Waals surface area (Å²) < 4.78 is 0. The van der Waals surface area contributed by atoms with Crippen molar-refractivity contribution in [1.29, 1.82) is 0 Å². The molecule has 1 saturated carbocycles. The van der Waals surface area contributed by atoms with Crippen molar-refractivity contribution in [3.8, 4) is 0 Å². The third-order valence-corrected chi connectivity index (χ3v) is 4.85. The fourth-order valence-electron chi connectivity index (χ4n) is 2.88. The Hall–Kier alpha value is -1.16. The molecule has 1 aliphatic rings. The minimum Gasteiger partial charge on any atom is -0.382 e. The number of hydrogen-bond donors (Lipinski definition) is 2. The van der Waals surface area contributed by atoms with Gasteiger partial charge in [-0.15, -0.1) is 0 Å². The maximum atomic E-state index is 11.1. The maximum absolute atomic E-state index is 11.1. The summed E-state index contributed by atoms with van der Waals surface area (Å²) in [6, 6.07) is 9.65. The van der Waals surface area contributed by atoms with E-state index in [1.807, 2.05) is 11.8 Å². The molecule has 1 amide bonds. The van der Waals surface area contributed by atoms with Gasteiger partial charge in [0.25, 0.3) is 0 Å². The van der Waals surface area contributed by atoms with Crippen molar-refractivity contribution in [3.05, 3.63) is 29.8 Å². The fourth-order valence-corrected chi connectivity index (χ4v) is 3.50. The van der Waals surface area contributed by atoms with E-state index in [2.05, 4.69) is 41.8 Å². The van der Waals surface area contributed by atoms with E-state index < -0.39 is 0 Å². The van der Waals surface area contributed by atoms with Crippen LogP contribution in [-0.4, -0.2) is 23.7 Å². The molecule has 0 saturated heterocycles. The Morgan fingerprint density at radius 2 is 1.95 bits per heavy atom. The molecular formula is C17H26N2OS. The van der Waals surface area contributed by atoms with Crippen molar-refractivity contribution in [2.45, 2.75) is 57.4 Å². The van der Waals surface area contributed by atoms with E-state index in [4.69, 9.17) is 0 Å². The Kier molecular flexibility index (Phi) is 6.43. The zero-order valence-corrected chi connectivity index (χ0v) is 13.8. The Labute approximate surface area is 132 Å². The molecule has 4 heteroatoms. The van der Waals surface area contributed by atoms with Gasteiger partial charge in [0.1, 0.15) is 0 Å². The van der Waals surface area contributed by atoms with Crippen LogP contribution in [0.1, 0.15) is 45.1 Å². The van der Waals surface area contributed by atoms with E-state index in [0.29, 0.717) is 12.1 Å². The van der Waals surface area contributed by atoms with Crippen molar-refractivity contribution in [1.82, 2.24) is 5.32 Å². The van der Waals surface area contributed by atoms with Crippen molar-refractivity contribution in [2.75, 3.05) is 11.1 Å². The third kappa shape index (κ3) is 5.62. The van der Waals surface area contributed by atoms with Gasteiger partial charge >= 0.3 is 0 Å². The Balaban J connectivity index is 1.81. The number of benzene rings is 1. The van der Waals surface area contributed by atoms with Gasteiger partial charge in [-0.2, -0.15) is 11.8 Å². The molecule has 2 N–H and O–H groups in total. The summed E-state index contributed by atoms with van der Waals surface area (Å²) in [6.45, 7) is 3.80. The monoisotopic (exact) mass is 306 g/mol. The van der Waals surface area contributed by atoms with Crippen LogP contribution in [0, 0.1) is 0 Å². The smallest absolute Gasteiger partial charge is 0.217 e. The van der Waals surface area contributed by atoms with Gasteiger partial charge < -0.3 is 10.6 Å². The van der Waals surface area contributed by atoms with Crippen molar-refractivity contribution >= 4 is 23.4 Å². The van der Waals surface area contributed by atoms with Crippen LogP contribution in [0.25, 0.3) is 0 Å². The third-order valence-electron chi connectivity index (χ3n) is 3.91. The second kappa shape index (κ2) is 8.32. The summed E-state index contributed by atoms with van der Waals surface area (Å²) >= 11 is 1.95. The van der Waals surface area contributed by atoms with Crippen LogP contribution in [0.5, 0.6) is 0 Å². The second-order valence-corrected chi connectivity index (χ2v) is 7.01.